The predicted molar refractivity (Wildman–Crippen MR) is 48.5 cm³/mol. The molecule has 1 heterocycles. The molecule has 1 aromatic rings. The molecule has 1 fully saturated rings. The van der Waals surface area contributed by atoms with Crippen molar-refractivity contribution in [2.24, 2.45) is 0 Å². The highest BCUT2D eigenvalue weighted by molar-refractivity contribution is 5.36. The van der Waals surface area contributed by atoms with Crippen LogP contribution in [0, 0.1) is 0 Å². The lowest BCUT2D eigenvalue weighted by molar-refractivity contribution is 0.171. The summed E-state index contributed by atoms with van der Waals surface area (Å²) in [6.45, 7) is 0.159. The van der Waals surface area contributed by atoms with Crippen LogP contribution in [0.25, 0.3) is 0 Å². The Morgan fingerprint density at radius 1 is 1.38 bits per heavy atom. The van der Waals surface area contributed by atoms with Gasteiger partial charge in [-0.2, -0.15) is 0 Å². The van der Waals surface area contributed by atoms with Crippen molar-refractivity contribution in [3.8, 4) is 0 Å². The maximum atomic E-state index is 9.19. The Hall–Kier alpha value is -0.860. The molecule has 1 aliphatic carbocycles. The van der Waals surface area contributed by atoms with Gasteiger partial charge in [0, 0.05) is 12.8 Å². The van der Waals surface area contributed by atoms with Gasteiger partial charge in [0.05, 0.1) is 12.7 Å². The van der Waals surface area contributed by atoms with E-state index in [-0.39, 0.29) is 18.3 Å². The highest BCUT2D eigenvalue weighted by atomic mass is 16.6. The lowest BCUT2D eigenvalue weighted by atomic mass is 9.84. The molecule has 13 heavy (non-hydrogen) atoms. The largest absolute Gasteiger partial charge is 0.393 e. The van der Waals surface area contributed by atoms with E-state index in [9.17, 15) is 5.11 Å². The minimum atomic E-state index is -0.214. The van der Waals surface area contributed by atoms with Gasteiger partial charge in [-0.15, -0.1) is 0 Å². The summed E-state index contributed by atoms with van der Waals surface area (Å²) in [6, 6.07) is 8.39. The van der Waals surface area contributed by atoms with Crippen molar-refractivity contribution in [1.29, 1.82) is 0 Å². The fourth-order valence-electron chi connectivity index (χ4n) is 2.28. The van der Waals surface area contributed by atoms with Crippen molar-refractivity contribution in [3.05, 3.63) is 35.4 Å². The van der Waals surface area contributed by atoms with E-state index in [1.807, 2.05) is 6.07 Å². The number of hydrogen-bond acceptors (Lipinski definition) is 2. The first-order valence-electron chi connectivity index (χ1n) is 4.69. The van der Waals surface area contributed by atoms with Gasteiger partial charge in [0.15, 0.2) is 0 Å². The molecule has 0 bridgehead atoms. The number of rotatable bonds is 1. The molecular formula is C11H12O2. The summed E-state index contributed by atoms with van der Waals surface area (Å²) in [6.07, 6.45) is 2.12. The summed E-state index contributed by atoms with van der Waals surface area (Å²) in [5, 5.41) is 9.19. The lowest BCUT2D eigenvalue weighted by Gasteiger charge is -2.18. The fraction of sp³-hybridized carbons (Fsp3) is 0.455. The van der Waals surface area contributed by atoms with Crippen molar-refractivity contribution < 1.29 is 9.84 Å². The van der Waals surface area contributed by atoms with Crippen molar-refractivity contribution in [2.45, 2.75) is 24.5 Å². The highest BCUT2D eigenvalue weighted by Crippen LogP contribution is 2.45. The Morgan fingerprint density at radius 3 is 2.92 bits per heavy atom. The molecule has 0 aromatic heterocycles. The summed E-state index contributed by atoms with van der Waals surface area (Å²) < 4.78 is 5.55. The average molecular weight is 176 g/mol. The molecule has 2 aliphatic rings. The summed E-state index contributed by atoms with van der Waals surface area (Å²) in [7, 11) is 0. The van der Waals surface area contributed by atoms with Crippen LogP contribution in [0.2, 0.25) is 0 Å². The molecule has 1 saturated heterocycles. The van der Waals surface area contributed by atoms with E-state index >= 15 is 0 Å². The molecule has 0 spiro atoms. The summed E-state index contributed by atoms with van der Waals surface area (Å²) in [5.74, 6) is 0. The Bertz CT molecular complexity index is 348. The second-order valence-corrected chi connectivity index (χ2v) is 3.98. The number of aliphatic hydroxyl groups excluding tert-OH is 1. The van der Waals surface area contributed by atoms with Gasteiger partial charge in [0.2, 0.25) is 0 Å². The van der Waals surface area contributed by atoms with Crippen LogP contribution in [0.5, 0.6) is 0 Å². The molecule has 1 aromatic carbocycles. The normalized spacial score (nSPS) is 35.0. The van der Waals surface area contributed by atoms with Gasteiger partial charge in [0.25, 0.3) is 0 Å². The van der Waals surface area contributed by atoms with E-state index in [2.05, 4.69) is 18.2 Å². The van der Waals surface area contributed by atoms with Gasteiger partial charge in [-0.1, -0.05) is 24.3 Å². The molecule has 1 N–H and O–H groups in total. The molecule has 3 rings (SSSR count). The number of ether oxygens (including phenoxy) is 1. The van der Waals surface area contributed by atoms with Crippen molar-refractivity contribution in [3.63, 3.8) is 0 Å². The van der Waals surface area contributed by atoms with Gasteiger partial charge in [0.1, 0.15) is 5.60 Å². The Kier molecular flexibility index (Phi) is 1.35. The first-order valence-corrected chi connectivity index (χ1v) is 4.69. The molecule has 2 nitrogen and oxygen atoms in total. The zero-order valence-electron chi connectivity index (χ0n) is 7.36. The molecular weight excluding hydrogens is 164 g/mol. The summed E-state index contributed by atoms with van der Waals surface area (Å²) >= 11 is 0. The van der Waals surface area contributed by atoms with Gasteiger partial charge >= 0.3 is 0 Å². The maximum Gasteiger partial charge on any atom is 0.122 e. The van der Waals surface area contributed by atoms with Crippen LogP contribution in [0.1, 0.15) is 11.1 Å². The molecule has 2 unspecified atom stereocenters. The maximum absolute atomic E-state index is 9.19. The van der Waals surface area contributed by atoms with Gasteiger partial charge in [-0.05, 0) is 11.1 Å². The highest BCUT2D eigenvalue weighted by Gasteiger charge is 2.57. The first-order chi connectivity index (χ1) is 6.34. The topological polar surface area (TPSA) is 32.8 Å². The van der Waals surface area contributed by atoms with Crippen LogP contribution in [-0.4, -0.2) is 23.4 Å². The number of aliphatic hydroxyl groups is 1. The Morgan fingerprint density at radius 2 is 2.15 bits per heavy atom. The third-order valence-corrected chi connectivity index (χ3v) is 3.19. The molecule has 68 valence electrons. The van der Waals surface area contributed by atoms with E-state index in [1.165, 1.54) is 11.1 Å². The SMILES string of the molecule is OCC12Cc3ccccc3CC1O2. The van der Waals surface area contributed by atoms with Crippen molar-refractivity contribution >= 4 is 0 Å². The van der Waals surface area contributed by atoms with E-state index < -0.39 is 0 Å². The van der Waals surface area contributed by atoms with E-state index in [0.717, 1.165) is 12.8 Å². The third-order valence-electron chi connectivity index (χ3n) is 3.19. The summed E-state index contributed by atoms with van der Waals surface area (Å²) in [4.78, 5) is 0. The molecule has 2 atom stereocenters. The average Bonchev–Trinajstić information content (AvgIpc) is 2.88. The van der Waals surface area contributed by atoms with Crippen LogP contribution < -0.4 is 0 Å². The van der Waals surface area contributed by atoms with Gasteiger partial charge in [-0.25, -0.2) is 0 Å². The van der Waals surface area contributed by atoms with Crippen molar-refractivity contribution in [2.75, 3.05) is 6.61 Å². The number of fused-ring (bicyclic) bond motifs is 2. The molecule has 2 heteroatoms. The monoisotopic (exact) mass is 176 g/mol. The zero-order valence-corrected chi connectivity index (χ0v) is 7.36. The quantitative estimate of drug-likeness (QED) is 0.645. The van der Waals surface area contributed by atoms with Crippen molar-refractivity contribution in [1.82, 2.24) is 0 Å². The van der Waals surface area contributed by atoms with Gasteiger partial charge < -0.3 is 9.84 Å². The summed E-state index contributed by atoms with van der Waals surface area (Å²) in [5.41, 5.74) is 2.51. The Balaban J connectivity index is 1.99. The minimum absolute atomic E-state index is 0.159. The molecule has 0 amide bonds. The van der Waals surface area contributed by atoms with Crippen LogP contribution in [0.15, 0.2) is 24.3 Å². The second-order valence-electron chi connectivity index (χ2n) is 3.98. The first kappa shape index (κ1) is 7.54. The Labute approximate surface area is 77.2 Å². The number of hydrogen-bond donors (Lipinski definition) is 1. The zero-order chi connectivity index (χ0) is 8.89. The smallest absolute Gasteiger partial charge is 0.122 e. The standard InChI is InChI=1S/C11H12O2/c12-7-11-6-9-4-2-1-3-8(9)5-10(11)13-11/h1-4,10,12H,5-7H2. The lowest BCUT2D eigenvalue weighted by Crippen LogP contribution is -2.28. The van der Waals surface area contributed by atoms with E-state index in [4.69, 9.17) is 4.74 Å². The van der Waals surface area contributed by atoms with Crippen LogP contribution in [0.3, 0.4) is 0 Å². The number of epoxide rings is 1. The van der Waals surface area contributed by atoms with Gasteiger partial charge in [-0.3, -0.25) is 0 Å². The molecule has 0 saturated carbocycles. The van der Waals surface area contributed by atoms with E-state index in [1.54, 1.807) is 0 Å². The third kappa shape index (κ3) is 0.960. The minimum Gasteiger partial charge on any atom is -0.393 e. The number of benzene rings is 1. The predicted octanol–water partition coefficient (Wildman–Crippen LogP) is 0.915. The second kappa shape index (κ2) is 2.34. The fourth-order valence-corrected chi connectivity index (χ4v) is 2.28. The van der Waals surface area contributed by atoms with E-state index in [0.29, 0.717) is 0 Å². The van der Waals surface area contributed by atoms with Crippen LogP contribution in [0.4, 0.5) is 0 Å². The van der Waals surface area contributed by atoms with Crippen LogP contribution >= 0.6 is 0 Å². The molecule has 0 radical (unpaired) electrons. The van der Waals surface area contributed by atoms with Crippen LogP contribution in [-0.2, 0) is 17.6 Å². The molecule has 1 aliphatic heterocycles.